The molecule has 0 saturated heterocycles. The summed E-state index contributed by atoms with van der Waals surface area (Å²) in [5.41, 5.74) is 2.60. The number of fused-ring (bicyclic) bond motifs is 1. The molecule has 7 heteroatoms. The molecule has 1 aliphatic heterocycles. The number of aromatic nitrogens is 2. The summed E-state index contributed by atoms with van der Waals surface area (Å²) < 4.78 is 23.5. The highest BCUT2D eigenvalue weighted by Crippen LogP contribution is 2.35. The van der Waals surface area contributed by atoms with Gasteiger partial charge in [0, 0.05) is 12.1 Å². The molecule has 0 unspecified atom stereocenters. The summed E-state index contributed by atoms with van der Waals surface area (Å²) >= 11 is 0. The Labute approximate surface area is 142 Å². The number of carbonyl (C=O) groups excluding carboxylic acids is 1. The van der Waals surface area contributed by atoms with E-state index in [4.69, 9.17) is 9.47 Å². The maximum atomic E-state index is 12.9. The summed E-state index contributed by atoms with van der Waals surface area (Å²) in [6, 6.07) is 13.1. The number of nitrogens with one attached hydrogen (secondary N) is 2. The molecule has 0 bridgehead atoms. The highest BCUT2D eigenvalue weighted by molar-refractivity contribution is 5.93. The van der Waals surface area contributed by atoms with Crippen molar-refractivity contribution >= 4 is 5.91 Å². The van der Waals surface area contributed by atoms with Gasteiger partial charge in [0.05, 0.1) is 5.69 Å². The van der Waals surface area contributed by atoms with Gasteiger partial charge in [0.15, 0.2) is 11.5 Å². The minimum Gasteiger partial charge on any atom is -0.454 e. The second kappa shape index (κ2) is 6.27. The number of hydrogen-bond acceptors (Lipinski definition) is 4. The van der Waals surface area contributed by atoms with Crippen LogP contribution in [-0.2, 0) is 6.54 Å². The Morgan fingerprint density at radius 3 is 2.76 bits per heavy atom. The Hall–Kier alpha value is -3.35. The molecule has 0 spiro atoms. The predicted molar refractivity (Wildman–Crippen MR) is 87.7 cm³/mol. The van der Waals surface area contributed by atoms with Crippen molar-refractivity contribution in [2.24, 2.45) is 0 Å². The molecule has 0 atom stereocenters. The molecule has 0 aliphatic carbocycles. The Morgan fingerprint density at radius 1 is 1.12 bits per heavy atom. The Balaban J connectivity index is 1.45. The van der Waals surface area contributed by atoms with Crippen LogP contribution in [0.4, 0.5) is 4.39 Å². The maximum Gasteiger partial charge on any atom is 0.269 e. The first-order chi connectivity index (χ1) is 12.2. The Bertz CT molecular complexity index is 922. The van der Waals surface area contributed by atoms with Gasteiger partial charge < -0.3 is 14.8 Å². The molecule has 0 fully saturated rings. The molecule has 0 saturated carbocycles. The van der Waals surface area contributed by atoms with E-state index in [9.17, 15) is 9.18 Å². The van der Waals surface area contributed by atoms with Gasteiger partial charge in [-0.2, -0.15) is 5.10 Å². The summed E-state index contributed by atoms with van der Waals surface area (Å²) in [7, 11) is 0. The lowest BCUT2D eigenvalue weighted by Gasteiger charge is -2.03. The van der Waals surface area contributed by atoms with Crippen LogP contribution in [0.25, 0.3) is 11.3 Å². The van der Waals surface area contributed by atoms with E-state index in [1.165, 1.54) is 12.1 Å². The minimum atomic E-state index is -0.308. The topological polar surface area (TPSA) is 76.2 Å². The molecule has 6 nitrogen and oxygen atoms in total. The number of halogens is 1. The van der Waals surface area contributed by atoms with E-state index in [0.29, 0.717) is 29.4 Å². The zero-order valence-corrected chi connectivity index (χ0v) is 13.1. The fourth-order valence-corrected chi connectivity index (χ4v) is 2.52. The number of ether oxygens (including phenoxy) is 2. The first-order valence-electron chi connectivity index (χ1n) is 7.67. The molecule has 126 valence electrons. The van der Waals surface area contributed by atoms with E-state index in [1.54, 1.807) is 24.3 Å². The Morgan fingerprint density at radius 2 is 1.92 bits per heavy atom. The van der Waals surface area contributed by atoms with Crippen LogP contribution in [0.2, 0.25) is 0 Å². The number of H-pyrrole nitrogens is 1. The van der Waals surface area contributed by atoms with Crippen LogP contribution in [0.5, 0.6) is 11.5 Å². The van der Waals surface area contributed by atoms with Crippen LogP contribution in [0.15, 0.2) is 48.5 Å². The van der Waals surface area contributed by atoms with Gasteiger partial charge in [-0.1, -0.05) is 12.1 Å². The molecule has 1 aliphatic rings. The fraction of sp³-hybridized carbons (Fsp3) is 0.111. The molecule has 25 heavy (non-hydrogen) atoms. The van der Waals surface area contributed by atoms with Crippen LogP contribution in [0.1, 0.15) is 16.1 Å². The summed E-state index contributed by atoms with van der Waals surface area (Å²) in [4.78, 5) is 12.2. The van der Waals surface area contributed by atoms with Crippen molar-refractivity contribution in [1.82, 2.24) is 15.5 Å². The molecular formula is C18H14FN3O3. The van der Waals surface area contributed by atoms with Gasteiger partial charge in [0.2, 0.25) is 6.79 Å². The van der Waals surface area contributed by atoms with E-state index in [-0.39, 0.29) is 18.5 Å². The quantitative estimate of drug-likeness (QED) is 0.766. The number of benzene rings is 2. The first-order valence-corrected chi connectivity index (χ1v) is 7.67. The van der Waals surface area contributed by atoms with E-state index >= 15 is 0 Å². The largest absolute Gasteiger partial charge is 0.454 e. The second-order valence-corrected chi connectivity index (χ2v) is 5.54. The number of aromatic amines is 1. The average Bonchev–Trinajstić information content (AvgIpc) is 3.29. The lowest BCUT2D eigenvalue weighted by molar-refractivity contribution is 0.0946. The molecule has 1 amide bonds. The van der Waals surface area contributed by atoms with Crippen molar-refractivity contribution < 1.29 is 18.7 Å². The third kappa shape index (κ3) is 3.16. The van der Waals surface area contributed by atoms with Crippen LogP contribution in [0.3, 0.4) is 0 Å². The molecule has 4 rings (SSSR count). The van der Waals surface area contributed by atoms with E-state index in [1.807, 2.05) is 12.1 Å². The van der Waals surface area contributed by atoms with Crippen molar-refractivity contribution in [3.8, 4) is 22.8 Å². The zero-order valence-electron chi connectivity index (χ0n) is 13.1. The summed E-state index contributed by atoms with van der Waals surface area (Å²) in [6.07, 6.45) is 0. The minimum absolute atomic E-state index is 0.205. The lowest BCUT2D eigenvalue weighted by Crippen LogP contribution is -2.23. The monoisotopic (exact) mass is 339 g/mol. The smallest absolute Gasteiger partial charge is 0.269 e. The standard InChI is InChI=1S/C18H14FN3O3/c19-13-4-1-11(2-5-13)9-20-18(23)15-8-14(21-22-15)12-3-6-16-17(7-12)25-10-24-16/h1-8H,9-10H2,(H,20,23)(H,21,22). The molecular weight excluding hydrogens is 325 g/mol. The number of nitrogens with zero attached hydrogens (tertiary/aromatic N) is 1. The van der Waals surface area contributed by atoms with E-state index in [2.05, 4.69) is 15.5 Å². The summed E-state index contributed by atoms with van der Waals surface area (Å²) in [5, 5.41) is 9.65. The Kier molecular flexibility index (Phi) is 3.81. The fourth-order valence-electron chi connectivity index (χ4n) is 2.52. The molecule has 2 N–H and O–H groups in total. The summed E-state index contributed by atoms with van der Waals surface area (Å²) in [5.74, 6) is 0.750. The van der Waals surface area contributed by atoms with Crippen molar-refractivity contribution in [3.63, 3.8) is 0 Å². The number of rotatable bonds is 4. The zero-order chi connectivity index (χ0) is 17.2. The predicted octanol–water partition coefficient (Wildman–Crippen LogP) is 2.87. The average molecular weight is 339 g/mol. The van der Waals surface area contributed by atoms with E-state index in [0.717, 1.165) is 11.1 Å². The van der Waals surface area contributed by atoms with E-state index < -0.39 is 0 Å². The molecule has 0 radical (unpaired) electrons. The third-order valence-corrected chi connectivity index (χ3v) is 3.86. The highest BCUT2D eigenvalue weighted by Gasteiger charge is 2.16. The maximum absolute atomic E-state index is 12.9. The number of carbonyl (C=O) groups is 1. The highest BCUT2D eigenvalue weighted by atomic mass is 19.1. The van der Waals surface area contributed by atoms with Gasteiger partial charge in [0.25, 0.3) is 5.91 Å². The van der Waals surface area contributed by atoms with Crippen molar-refractivity contribution in [2.45, 2.75) is 6.54 Å². The van der Waals surface area contributed by atoms with Gasteiger partial charge >= 0.3 is 0 Å². The SMILES string of the molecule is O=C(NCc1ccc(F)cc1)c1cc(-c2ccc3c(c2)OCO3)n[nH]1. The van der Waals surface area contributed by atoms with Crippen LogP contribution in [0, 0.1) is 5.82 Å². The van der Waals surface area contributed by atoms with Crippen molar-refractivity contribution in [1.29, 1.82) is 0 Å². The van der Waals surface area contributed by atoms with Gasteiger partial charge in [0.1, 0.15) is 11.5 Å². The summed E-state index contributed by atoms with van der Waals surface area (Å²) in [6.45, 7) is 0.508. The van der Waals surface area contributed by atoms with Gasteiger partial charge in [-0.3, -0.25) is 9.89 Å². The van der Waals surface area contributed by atoms with Crippen LogP contribution < -0.4 is 14.8 Å². The number of amides is 1. The number of hydrogen-bond donors (Lipinski definition) is 2. The molecule has 3 aromatic rings. The van der Waals surface area contributed by atoms with Gasteiger partial charge in [-0.05, 0) is 42.0 Å². The lowest BCUT2D eigenvalue weighted by atomic mass is 10.1. The van der Waals surface area contributed by atoms with Gasteiger partial charge in [-0.25, -0.2) is 4.39 Å². The third-order valence-electron chi connectivity index (χ3n) is 3.86. The van der Waals surface area contributed by atoms with Crippen LogP contribution in [-0.4, -0.2) is 22.9 Å². The molecule has 2 heterocycles. The normalized spacial score (nSPS) is 12.2. The van der Waals surface area contributed by atoms with Crippen molar-refractivity contribution in [3.05, 3.63) is 65.6 Å². The molecule has 2 aromatic carbocycles. The van der Waals surface area contributed by atoms with Gasteiger partial charge in [-0.15, -0.1) is 0 Å². The van der Waals surface area contributed by atoms with Crippen molar-refractivity contribution in [2.75, 3.05) is 6.79 Å². The molecule has 1 aromatic heterocycles. The first kappa shape index (κ1) is 15.2. The second-order valence-electron chi connectivity index (χ2n) is 5.54. The van der Waals surface area contributed by atoms with Crippen LogP contribution >= 0.6 is 0 Å².